The number of hydrogen-bond acceptors (Lipinski definition) is 4. The van der Waals surface area contributed by atoms with Crippen LogP contribution in [0.5, 0.6) is 11.5 Å². The second-order valence-corrected chi connectivity index (χ2v) is 16.7. The molecule has 1 unspecified atom stereocenters. The maximum absolute atomic E-state index is 13.1. The van der Waals surface area contributed by atoms with Crippen molar-refractivity contribution in [1.29, 1.82) is 0 Å². The van der Waals surface area contributed by atoms with E-state index in [1.165, 1.54) is 0 Å². The predicted octanol–water partition coefficient (Wildman–Crippen LogP) is 6.47. The molecule has 0 aromatic heterocycles. The van der Waals surface area contributed by atoms with Gasteiger partial charge >= 0.3 is 0 Å². The van der Waals surface area contributed by atoms with Crippen LogP contribution in [0, 0.1) is 20.8 Å². The number of benzene rings is 2. The summed E-state index contributed by atoms with van der Waals surface area (Å²) in [5.74, 6) is 1.21. The summed E-state index contributed by atoms with van der Waals surface area (Å²) < 4.78 is 32.1. The van der Waals surface area contributed by atoms with Crippen LogP contribution in [0.3, 0.4) is 0 Å². The zero-order chi connectivity index (χ0) is 23.9. The van der Waals surface area contributed by atoms with Gasteiger partial charge in [0.15, 0.2) is 0 Å². The molecule has 0 spiro atoms. The van der Waals surface area contributed by atoms with Crippen LogP contribution in [-0.2, 0) is 22.0 Å². The normalized spacial score (nSPS) is 19.8. The van der Waals surface area contributed by atoms with Crippen LogP contribution in [0.2, 0.25) is 18.1 Å². The first kappa shape index (κ1) is 25.0. The molecule has 2 atom stereocenters. The Labute approximate surface area is 197 Å². The van der Waals surface area contributed by atoms with Gasteiger partial charge in [0.05, 0.1) is 16.6 Å². The fraction of sp³-hybridized carbons (Fsp3) is 0.538. The van der Waals surface area contributed by atoms with Crippen LogP contribution in [0.4, 0.5) is 0 Å². The van der Waals surface area contributed by atoms with Crippen molar-refractivity contribution in [2.24, 2.45) is 0 Å². The lowest BCUT2D eigenvalue weighted by molar-refractivity contribution is -0.157. The molecule has 1 heterocycles. The molecule has 0 aliphatic carbocycles. The van der Waals surface area contributed by atoms with E-state index in [0.29, 0.717) is 12.2 Å². The molecule has 2 aromatic rings. The van der Waals surface area contributed by atoms with E-state index in [2.05, 4.69) is 53.8 Å². The number of hydrogen-bond donors (Lipinski definition) is 0. The molecule has 0 radical (unpaired) electrons. The Kier molecular flexibility index (Phi) is 7.00. The highest BCUT2D eigenvalue weighted by atomic mass is 32.2. The molecular weight excluding hydrogens is 436 g/mol. The second kappa shape index (κ2) is 8.96. The van der Waals surface area contributed by atoms with Gasteiger partial charge in [0, 0.05) is 18.4 Å². The van der Waals surface area contributed by atoms with Crippen LogP contribution in [0.15, 0.2) is 35.2 Å². The summed E-state index contributed by atoms with van der Waals surface area (Å²) in [6.45, 7) is 17.5. The van der Waals surface area contributed by atoms with Crippen LogP contribution >= 0.6 is 0 Å². The largest absolute Gasteiger partial charge is 0.543 e. The molecule has 1 aliphatic rings. The Hall–Kier alpha value is -1.63. The van der Waals surface area contributed by atoms with E-state index in [9.17, 15) is 4.21 Å². The van der Waals surface area contributed by atoms with Crippen molar-refractivity contribution in [3.8, 4) is 11.5 Å². The van der Waals surface area contributed by atoms with E-state index in [-0.39, 0.29) is 5.04 Å². The highest BCUT2D eigenvalue weighted by Gasteiger charge is 2.42. The number of rotatable bonds is 6. The Balaban J connectivity index is 1.89. The fourth-order valence-corrected chi connectivity index (χ4v) is 6.02. The molecular formula is C26H38O4SSi. The van der Waals surface area contributed by atoms with E-state index in [4.69, 9.17) is 13.9 Å². The fourth-order valence-electron chi connectivity index (χ4n) is 3.63. The number of methoxy groups -OCH3 is 1. The molecule has 0 saturated heterocycles. The number of aryl methyl sites for hydroxylation is 2. The van der Waals surface area contributed by atoms with Gasteiger partial charge in [0.25, 0.3) is 0 Å². The molecule has 32 heavy (non-hydrogen) atoms. The van der Waals surface area contributed by atoms with Crippen LogP contribution in [0.25, 0.3) is 0 Å². The zero-order valence-electron chi connectivity index (χ0n) is 21.0. The third kappa shape index (κ3) is 4.97. The molecule has 0 N–H and O–H groups in total. The monoisotopic (exact) mass is 474 g/mol. The summed E-state index contributed by atoms with van der Waals surface area (Å²) >= 11 is 0. The van der Waals surface area contributed by atoms with Crippen molar-refractivity contribution in [2.45, 2.75) is 83.2 Å². The van der Waals surface area contributed by atoms with E-state index in [1.54, 1.807) is 7.11 Å². The lowest BCUT2D eigenvalue weighted by Gasteiger charge is -2.40. The van der Waals surface area contributed by atoms with Crippen molar-refractivity contribution in [3.05, 3.63) is 52.6 Å². The first-order valence-corrected chi connectivity index (χ1v) is 15.5. The minimum atomic E-state index is -1.95. The lowest BCUT2D eigenvalue weighted by Crippen LogP contribution is -2.47. The van der Waals surface area contributed by atoms with Gasteiger partial charge in [0.1, 0.15) is 11.5 Å². The van der Waals surface area contributed by atoms with Crippen molar-refractivity contribution in [2.75, 3.05) is 12.9 Å². The molecule has 0 bridgehead atoms. The Morgan fingerprint density at radius 3 is 2.28 bits per heavy atom. The molecule has 0 amide bonds. The Morgan fingerprint density at radius 1 is 1.09 bits per heavy atom. The van der Waals surface area contributed by atoms with Crippen molar-refractivity contribution < 1.29 is 18.1 Å². The third-order valence-corrected chi connectivity index (χ3v) is 13.0. The maximum Gasteiger partial charge on any atom is 0.250 e. The highest BCUT2D eigenvalue weighted by molar-refractivity contribution is 7.85. The van der Waals surface area contributed by atoms with Crippen LogP contribution < -0.4 is 9.16 Å². The van der Waals surface area contributed by atoms with Gasteiger partial charge in [-0.2, -0.15) is 0 Å². The summed E-state index contributed by atoms with van der Waals surface area (Å²) in [6.07, 6.45) is 1.44. The molecule has 176 valence electrons. The molecule has 4 nitrogen and oxygen atoms in total. The van der Waals surface area contributed by atoms with Gasteiger partial charge in [0.2, 0.25) is 14.1 Å². The molecule has 1 aliphatic heterocycles. The van der Waals surface area contributed by atoms with Gasteiger partial charge in [-0.15, -0.1) is 0 Å². The summed E-state index contributed by atoms with van der Waals surface area (Å²) in [4.78, 5) is 0.799. The SMILES string of the molecule is COC1(C[S@](=O)c2ccc(C)cc2)CCc2cc(O[Si](C)(C)C(C)(C)C)c(C)c(C)c2O1. The first-order chi connectivity index (χ1) is 14.8. The van der Waals surface area contributed by atoms with E-state index in [0.717, 1.165) is 45.1 Å². The van der Waals surface area contributed by atoms with Crippen LogP contribution in [0.1, 0.15) is 49.4 Å². The van der Waals surface area contributed by atoms with Gasteiger partial charge in [-0.05, 0) is 80.2 Å². The topological polar surface area (TPSA) is 44.8 Å². The van der Waals surface area contributed by atoms with Crippen LogP contribution in [-0.4, -0.2) is 31.2 Å². The molecule has 0 fully saturated rings. The molecule has 3 rings (SSSR count). The quantitative estimate of drug-likeness (QED) is 0.450. The molecule has 0 saturated carbocycles. The van der Waals surface area contributed by atoms with Gasteiger partial charge in [-0.3, -0.25) is 4.21 Å². The maximum atomic E-state index is 13.1. The van der Waals surface area contributed by atoms with Crippen molar-refractivity contribution in [3.63, 3.8) is 0 Å². The van der Waals surface area contributed by atoms with E-state index < -0.39 is 24.9 Å². The average Bonchev–Trinajstić information content (AvgIpc) is 2.72. The standard InChI is InChI=1S/C26H38O4SSi/c1-18-10-12-22(13-11-18)31(27)17-26(28-7)15-14-21-16-23(19(2)20(3)24(21)29-26)30-32(8,9)25(4,5)6/h10-13,16H,14-15,17H2,1-9H3/t26?,31-/m0/s1. The van der Waals surface area contributed by atoms with Crippen molar-refractivity contribution in [1.82, 2.24) is 0 Å². The molecule has 2 aromatic carbocycles. The second-order valence-electron chi connectivity index (χ2n) is 10.5. The first-order valence-electron chi connectivity index (χ1n) is 11.3. The Bertz CT molecular complexity index is 1010. The summed E-state index contributed by atoms with van der Waals surface area (Å²) in [6, 6.07) is 9.97. The van der Waals surface area contributed by atoms with Gasteiger partial charge < -0.3 is 13.9 Å². The minimum Gasteiger partial charge on any atom is -0.543 e. The zero-order valence-corrected chi connectivity index (χ0v) is 22.9. The molecule has 6 heteroatoms. The third-order valence-electron chi connectivity index (χ3n) is 7.11. The minimum absolute atomic E-state index is 0.130. The number of fused-ring (bicyclic) bond motifs is 1. The van der Waals surface area contributed by atoms with Gasteiger partial charge in [-0.25, -0.2) is 0 Å². The van der Waals surface area contributed by atoms with Crippen molar-refractivity contribution >= 4 is 19.1 Å². The number of ether oxygens (including phenoxy) is 2. The predicted molar refractivity (Wildman–Crippen MR) is 135 cm³/mol. The summed E-state index contributed by atoms with van der Waals surface area (Å²) in [5.41, 5.74) is 4.45. The Morgan fingerprint density at radius 2 is 1.72 bits per heavy atom. The summed E-state index contributed by atoms with van der Waals surface area (Å²) in [5, 5.41) is 0.130. The highest BCUT2D eigenvalue weighted by Crippen LogP contribution is 2.44. The van der Waals surface area contributed by atoms with E-state index >= 15 is 0 Å². The summed E-state index contributed by atoms with van der Waals surface area (Å²) in [7, 11) is -1.52. The van der Waals surface area contributed by atoms with E-state index in [1.807, 2.05) is 31.2 Å². The smallest absolute Gasteiger partial charge is 0.250 e. The average molecular weight is 475 g/mol. The lowest BCUT2D eigenvalue weighted by atomic mass is 9.95. The van der Waals surface area contributed by atoms with Gasteiger partial charge in [-0.1, -0.05) is 38.5 Å².